The maximum absolute atomic E-state index is 12.4. The van der Waals surface area contributed by atoms with Crippen LogP contribution in [0.5, 0.6) is 0 Å². The molecular weight excluding hydrogens is 290 g/mol. The zero-order chi connectivity index (χ0) is 16.2. The standard InChI is InChI=1S/C18H25N3O2/c1-13(22)21-10-7-14(8-11-21)15-6-9-19-17(12-15)18(23)20-16-4-2-3-5-16/h6,9,12,14,16H,2-5,7-8,10-11H2,1H3,(H,20,23). The van der Waals surface area contributed by atoms with E-state index in [0.717, 1.165) is 38.8 Å². The molecule has 0 atom stereocenters. The number of likely N-dealkylation sites (tertiary alicyclic amines) is 1. The van der Waals surface area contributed by atoms with Gasteiger partial charge in [-0.15, -0.1) is 0 Å². The number of piperidine rings is 1. The number of hydrogen-bond acceptors (Lipinski definition) is 3. The Morgan fingerprint density at radius 3 is 2.52 bits per heavy atom. The van der Waals surface area contributed by atoms with E-state index in [1.165, 1.54) is 18.4 Å². The molecule has 0 spiro atoms. The van der Waals surface area contributed by atoms with Crippen molar-refractivity contribution in [2.75, 3.05) is 13.1 Å². The van der Waals surface area contributed by atoms with Gasteiger partial charge in [-0.25, -0.2) is 0 Å². The minimum Gasteiger partial charge on any atom is -0.348 e. The van der Waals surface area contributed by atoms with Crippen LogP contribution in [0.2, 0.25) is 0 Å². The Labute approximate surface area is 137 Å². The number of hydrogen-bond donors (Lipinski definition) is 1. The summed E-state index contributed by atoms with van der Waals surface area (Å²) >= 11 is 0. The van der Waals surface area contributed by atoms with E-state index in [1.54, 1.807) is 13.1 Å². The van der Waals surface area contributed by atoms with Crippen molar-refractivity contribution in [1.29, 1.82) is 0 Å². The third kappa shape index (κ3) is 3.89. The van der Waals surface area contributed by atoms with Gasteiger partial charge >= 0.3 is 0 Å². The third-order valence-electron chi connectivity index (χ3n) is 5.12. The van der Waals surface area contributed by atoms with Crippen molar-refractivity contribution in [2.45, 2.75) is 57.4 Å². The van der Waals surface area contributed by atoms with Gasteiger partial charge in [0.1, 0.15) is 5.69 Å². The molecule has 0 bridgehead atoms. The van der Waals surface area contributed by atoms with Crippen molar-refractivity contribution in [2.24, 2.45) is 0 Å². The average Bonchev–Trinajstić information content (AvgIpc) is 3.08. The van der Waals surface area contributed by atoms with E-state index in [-0.39, 0.29) is 11.8 Å². The van der Waals surface area contributed by atoms with Gasteiger partial charge in [0.2, 0.25) is 5.91 Å². The number of rotatable bonds is 3. The molecule has 2 heterocycles. The molecular formula is C18H25N3O2. The Morgan fingerprint density at radius 2 is 1.87 bits per heavy atom. The molecule has 1 aromatic rings. The van der Waals surface area contributed by atoms with Gasteiger partial charge in [0.15, 0.2) is 0 Å². The molecule has 5 nitrogen and oxygen atoms in total. The number of nitrogens with one attached hydrogen (secondary N) is 1. The summed E-state index contributed by atoms with van der Waals surface area (Å²) in [5, 5.41) is 3.09. The van der Waals surface area contributed by atoms with Crippen LogP contribution in [0.4, 0.5) is 0 Å². The van der Waals surface area contributed by atoms with Crippen LogP contribution in [-0.4, -0.2) is 40.8 Å². The first-order valence-corrected chi connectivity index (χ1v) is 8.66. The largest absolute Gasteiger partial charge is 0.348 e. The van der Waals surface area contributed by atoms with E-state index in [0.29, 0.717) is 17.7 Å². The summed E-state index contributed by atoms with van der Waals surface area (Å²) in [7, 11) is 0. The lowest BCUT2D eigenvalue weighted by Crippen LogP contribution is -2.36. The van der Waals surface area contributed by atoms with E-state index in [9.17, 15) is 9.59 Å². The van der Waals surface area contributed by atoms with Gasteiger partial charge in [-0.2, -0.15) is 0 Å². The van der Waals surface area contributed by atoms with Crippen LogP contribution in [0.25, 0.3) is 0 Å². The Hall–Kier alpha value is -1.91. The molecule has 1 aliphatic heterocycles. The van der Waals surface area contributed by atoms with E-state index < -0.39 is 0 Å². The Bertz CT molecular complexity index is 573. The highest BCUT2D eigenvalue weighted by Gasteiger charge is 2.23. The number of carbonyl (C=O) groups is 2. The maximum atomic E-state index is 12.4. The summed E-state index contributed by atoms with van der Waals surface area (Å²) in [6.45, 7) is 3.22. The molecule has 5 heteroatoms. The molecule has 2 fully saturated rings. The first-order valence-electron chi connectivity index (χ1n) is 8.66. The van der Waals surface area contributed by atoms with Crippen LogP contribution in [0.15, 0.2) is 18.3 Å². The normalized spacial score (nSPS) is 19.8. The Balaban J connectivity index is 1.63. The summed E-state index contributed by atoms with van der Waals surface area (Å²) < 4.78 is 0. The topological polar surface area (TPSA) is 62.3 Å². The van der Waals surface area contributed by atoms with E-state index in [4.69, 9.17) is 0 Å². The van der Waals surface area contributed by atoms with Crippen molar-refractivity contribution < 1.29 is 9.59 Å². The molecule has 0 unspecified atom stereocenters. The first-order chi connectivity index (χ1) is 11.1. The zero-order valence-corrected chi connectivity index (χ0v) is 13.8. The van der Waals surface area contributed by atoms with Gasteiger partial charge in [-0.3, -0.25) is 14.6 Å². The van der Waals surface area contributed by atoms with Crippen LogP contribution in [0.3, 0.4) is 0 Å². The molecule has 1 aromatic heterocycles. The molecule has 1 saturated heterocycles. The highest BCUT2D eigenvalue weighted by atomic mass is 16.2. The molecule has 2 aliphatic rings. The quantitative estimate of drug-likeness (QED) is 0.932. The van der Waals surface area contributed by atoms with Crippen molar-refractivity contribution in [1.82, 2.24) is 15.2 Å². The van der Waals surface area contributed by atoms with Crippen LogP contribution >= 0.6 is 0 Å². The van der Waals surface area contributed by atoms with Crippen molar-refractivity contribution in [3.8, 4) is 0 Å². The summed E-state index contributed by atoms with van der Waals surface area (Å²) in [4.78, 5) is 29.9. The summed E-state index contributed by atoms with van der Waals surface area (Å²) in [6, 6.07) is 4.24. The lowest BCUT2D eigenvalue weighted by atomic mass is 9.89. The monoisotopic (exact) mass is 315 g/mol. The average molecular weight is 315 g/mol. The van der Waals surface area contributed by atoms with Crippen LogP contribution in [-0.2, 0) is 4.79 Å². The summed E-state index contributed by atoms with van der Waals surface area (Å²) in [5.74, 6) is 0.501. The van der Waals surface area contributed by atoms with Crippen molar-refractivity contribution in [3.05, 3.63) is 29.6 Å². The van der Waals surface area contributed by atoms with Crippen LogP contribution < -0.4 is 5.32 Å². The SMILES string of the molecule is CC(=O)N1CCC(c2ccnc(C(=O)NC3CCCC3)c2)CC1. The first kappa shape index (κ1) is 16.0. The molecule has 0 radical (unpaired) electrons. The number of nitrogens with zero attached hydrogens (tertiary/aromatic N) is 2. The van der Waals surface area contributed by atoms with E-state index in [1.807, 2.05) is 17.0 Å². The number of pyridine rings is 1. The van der Waals surface area contributed by atoms with Gasteiger partial charge in [-0.1, -0.05) is 12.8 Å². The zero-order valence-electron chi connectivity index (χ0n) is 13.8. The van der Waals surface area contributed by atoms with E-state index >= 15 is 0 Å². The van der Waals surface area contributed by atoms with Gasteiger partial charge in [0, 0.05) is 32.3 Å². The summed E-state index contributed by atoms with van der Waals surface area (Å²) in [5.41, 5.74) is 1.68. The van der Waals surface area contributed by atoms with Crippen molar-refractivity contribution in [3.63, 3.8) is 0 Å². The smallest absolute Gasteiger partial charge is 0.270 e. The van der Waals surface area contributed by atoms with Crippen LogP contribution in [0, 0.1) is 0 Å². The second-order valence-corrected chi connectivity index (χ2v) is 6.71. The predicted molar refractivity (Wildman–Crippen MR) is 88.2 cm³/mol. The number of carbonyl (C=O) groups excluding carboxylic acids is 2. The lowest BCUT2D eigenvalue weighted by Gasteiger charge is -2.31. The van der Waals surface area contributed by atoms with Crippen LogP contribution in [0.1, 0.15) is 67.4 Å². The molecule has 23 heavy (non-hydrogen) atoms. The molecule has 2 amide bonds. The fourth-order valence-electron chi connectivity index (χ4n) is 3.68. The van der Waals surface area contributed by atoms with E-state index in [2.05, 4.69) is 10.3 Å². The fraction of sp³-hybridized carbons (Fsp3) is 0.611. The Morgan fingerprint density at radius 1 is 1.17 bits per heavy atom. The highest BCUT2D eigenvalue weighted by molar-refractivity contribution is 5.92. The van der Waals surface area contributed by atoms with Gasteiger partial charge in [0.25, 0.3) is 5.91 Å². The van der Waals surface area contributed by atoms with Crippen molar-refractivity contribution >= 4 is 11.8 Å². The number of aromatic nitrogens is 1. The fourth-order valence-corrected chi connectivity index (χ4v) is 3.68. The molecule has 1 aliphatic carbocycles. The Kier molecular flexibility index (Phi) is 4.94. The molecule has 124 valence electrons. The van der Waals surface area contributed by atoms with Gasteiger partial charge in [0.05, 0.1) is 0 Å². The second-order valence-electron chi connectivity index (χ2n) is 6.71. The molecule has 0 aromatic carbocycles. The summed E-state index contributed by atoms with van der Waals surface area (Å²) in [6.07, 6.45) is 8.20. The van der Waals surface area contributed by atoms with Gasteiger partial charge < -0.3 is 10.2 Å². The third-order valence-corrected chi connectivity index (χ3v) is 5.12. The highest BCUT2D eigenvalue weighted by Crippen LogP contribution is 2.28. The number of amides is 2. The molecule has 1 N–H and O–H groups in total. The lowest BCUT2D eigenvalue weighted by molar-refractivity contribution is -0.129. The molecule has 1 saturated carbocycles. The second kappa shape index (κ2) is 7.11. The molecule has 3 rings (SSSR count). The minimum atomic E-state index is -0.0556. The van der Waals surface area contributed by atoms with Gasteiger partial charge in [-0.05, 0) is 49.3 Å². The maximum Gasteiger partial charge on any atom is 0.270 e. The minimum absolute atomic E-state index is 0.0556. The predicted octanol–water partition coefficient (Wildman–Crippen LogP) is 2.48.